The quantitative estimate of drug-likeness (QED) is 0.900. The maximum atomic E-state index is 12.0. The summed E-state index contributed by atoms with van der Waals surface area (Å²) in [5.74, 6) is 0.946. The topological polar surface area (TPSA) is 35.6 Å². The molecule has 3 rings (SSSR count). The average Bonchev–Trinajstić information content (AvgIpc) is 3.12. The van der Waals surface area contributed by atoms with Gasteiger partial charge < -0.3 is 10.2 Å². The van der Waals surface area contributed by atoms with Crippen LogP contribution in [0.4, 0.5) is 0 Å². The zero-order valence-corrected chi connectivity index (χ0v) is 15.1. The fourth-order valence-electron chi connectivity index (χ4n) is 4.15. The predicted molar refractivity (Wildman–Crippen MR) is 98.3 cm³/mol. The molecule has 24 heavy (non-hydrogen) atoms. The van der Waals surface area contributed by atoms with Gasteiger partial charge in [0.25, 0.3) is 0 Å². The van der Waals surface area contributed by atoms with Gasteiger partial charge in [-0.05, 0) is 62.9 Å². The molecule has 0 saturated carbocycles. The Bertz CT molecular complexity index is 534. The number of aryl methyl sites for hydroxylation is 1. The summed E-state index contributed by atoms with van der Waals surface area (Å²) < 4.78 is 0. The highest BCUT2D eigenvalue weighted by Gasteiger charge is 2.32. The standard InChI is InChI=1S/C20H31N3O/c1-3-16-4-6-17(7-5-16)18-8-11-22(12-9-18)19-10-13-23(15-19)20(24)14-21-2/h4-7,18-19,21H,3,8-15H2,1-2H3. The smallest absolute Gasteiger partial charge is 0.236 e. The van der Waals surface area contributed by atoms with Gasteiger partial charge in [-0.1, -0.05) is 31.2 Å². The third kappa shape index (κ3) is 3.98. The van der Waals surface area contributed by atoms with E-state index in [9.17, 15) is 4.79 Å². The van der Waals surface area contributed by atoms with Gasteiger partial charge in [0.05, 0.1) is 6.54 Å². The Balaban J connectivity index is 1.49. The molecule has 1 atom stereocenters. The van der Waals surface area contributed by atoms with Crippen molar-refractivity contribution in [2.24, 2.45) is 0 Å². The minimum atomic E-state index is 0.242. The number of piperidine rings is 1. The highest BCUT2D eigenvalue weighted by molar-refractivity contribution is 5.78. The van der Waals surface area contributed by atoms with Gasteiger partial charge in [-0.15, -0.1) is 0 Å². The fraction of sp³-hybridized carbons (Fsp3) is 0.650. The molecule has 1 unspecified atom stereocenters. The van der Waals surface area contributed by atoms with E-state index in [4.69, 9.17) is 0 Å². The van der Waals surface area contributed by atoms with Gasteiger partial charge in [-0.2, -0.15) is 0 Å². The Morgan fingerprint density at radius 3 is 2.46 bits per heavy atom. The third-order valence-electron chi connectivity index (χ3n) is 5.75. The van der Waals surface area contributed by atoms with Crippen LogP contribution in [0.5, 0.6) is 0 Å². The van der Waals surface area contributed by atoms with Gasteiger partial charge in [0.1, 0.15) is 0 Å². The monoisotopic (exact) mass is 329 g/mol. The minimum Gasteiger partial charge on any atom is -0.340 e. The van der Waals surface area contributed by atoms with Crippen molar-refractivity contribution in [2.75, 3.05) is 39.8 Å². The van der Waals surface area contributed by atoms with Gasteiger partial charge >= 0.3 is 0 Å². The van der Waals surface area contributed by atoms with Gasteiger partial charge in [0.15, 0.2) is 0 Å². The Morgan fingerprint density at radius 1 is 1.12 bits per heavy atom. The number of benzene rings is 1. The van der Waals surface area contributed by atoms with E-state index >= 15 is 0 Å². The molecule has 0 radical (unpaired) electrons. The Hall–Kier alpha value is -1.39. The van der Waals surface area contributed by atoms with E-state index in [1.807, 2.05) is 11.9 Å². The van der Waals surface area contributed by atoms with Crippen LogP contribution in [0.2, 0.25) is 0 Å². The molecule has 4 nitrogen and oxygen atoms in total. The number of hydrogen-bond acceptors (Lipinski definition) is 3. The van der Waals surface area contributed by atoms with Crippen LogP contribution in [0.1, 0.15) is 43.2 Å². The second kappa shape index (κ2) is 8.13. The third-order valence-corrected chi connectivity index (χ3v) is 5.75. The summed E-state index contributed by atoms with van der Waals surface area (Å²) in [6.07, 6.45) is 4.73. The second-order valence-corrected chi connectivity index (χ2v) is 7.22. The fourth-order valence-corrected chi connectivity index (χ4v) is 4.15. The number of hydrogen-bond donors (Lipinski definition) is 1. The lowest BCUT2D eigenvalue weighted by Crippen LogP contribution is -2.44. The molecule has 1 N–H and O–H groups in total. The van der Waals surface area contributed by atoms with Crippen LogP contribution in [0.15, 0.2) is 24.3 Å². The van der Waals surface area contributed by atoms with Crippen molar-refractivity contribution in [1.82, 2.24) is 15.1 Å². The lowest BCUT2D eigenvalue weighted by Gasteiger charge is -2.36. The van der Waals surface area contributed by atoms with Crippen molar-refractivity contribution in [1.29, 1.82) is 0 Å². The van der Waals surface area contributed by atoms with Crippen LogP contribution in [-0.4, -0.2) is 61.5 Å². The summed E-state index contributed by atoms with van der Waals surface area (Å²) in [6, 6.07) is 9.78. The van der Waals surface area contributed by atoms with Crippen LogP contribution in [0, 0.1) is 0 Å². The number of nitrogens with zero attached hydrogens (tertiary/aromatic N) is 2. The number of likely N-dealkylation sites (tertiary alicyclic amines) is 2. The van der Waals surface area contributed by atoms with Crippen LogP contribution in [-0.2, 0) is 11.2 Å². The molecule has 132 valence electrons. The zero-order valence-electron chi connectivity index (χ0n) is 15.1. The molecule has 0 aromatic heterocycles. The van der Waals surface area contributed by atoms with Crippen molar-refractivity contribution in [2.45, 2.75) is 44.6 Å². The van der Waals surface area contributed by atoms with Crippen molar-refractivity contribution < 1.29 is 4.79 Å². The summed E-state index contributed by atoms with van der Waals surface area (Å²) in [5, 5.41) is 2.97. The molecule has 2 aliphatic heterocycles. The highest BCUT2D eigenvalue weighted by atomic mass is 16.2. The molecule has 1 aromatic rings. The minimum absolute atomic E-state index is 0.242. The molecule has 0 bridgehead atoms. The molecule has 2 saturated heterocycles. The maximum Gasteiger partial charge on any atom is 0.236 e. The van der Waals surface area contributed by atoms with Crippen molar-refractivity contribution in [3.8, 4) is 0 Å². The summed E-state index contributed by atoms with van der Waals surface area (Å²) in [7, 11) is 1.84. The molecular weight excluding hydrogens is 298 g/mol. The number of likely N-dealkylation sites (N-methyl/N-ethyl adjacent to an activating group) is 1. The molecule has 1 aromatic carbocycles. The highest BCUT2D eigenvalue weighted by Crippen LogP contribution is 2.30. The van der Waals surface area contributed by atoms with E-state index in [1.54, 1.807) is 0 Å². The van der Waals surface area contributed by atoms with Crippen LogP contribution >= 0.6 is 0 Å². The summed E-state index contributed by atoms with van der Waals surface area (Å²) in [5.41, 5.74) is 2.93. The first kappa shape index (κ1) is 17.4. The number of rotatable bonds is 5. The SMILES string of the molecule is CCc1ccc(C2CCN(C3CCN(C(=O)CNC)C3)CC2)cc1. The molecule has 0 aliphatic carbocycles. The summed E-state index contributed by atoms with van der Waals surface area (Å²) >= 11 is 0. The molecule has 2 aliphatic rings. The molecule has 0 spiro atoms. The van der Waals surface area contributed by atoms with Crippen molar-refractivity contribution in [3.05, 3.63) is 35.4 Å². The molecule has 2 fully saturated rings. The van der Waals surface area contributed by atoms with Crippen LogP contribution in [0.3, 0.4) is 0 Å². The molecular formula is C20H31N3O. The Kier molecular flexibility index (Phi) is 5.90. The van der Waals surface area contributed by atoms with E-state index in [0.717, 1.165) is 25.9 Å². The first-order chi connectivity index (χ1) is 11.7. The van der Waals surface area contributed by atoms with E-state index < -0.39 is 0 Å². The van der Waals surface area contributed by atoms with Crippen molar-refractivity contribution >= 4 is 5.91 Å². The largest absolute Gasteiger partial charge is 0.340 e. The van der Waals surface area contributed by atoms with Crippen molar-refractivity contribution in [3.63, 3.8) is 0 Å². The zero-order chi connectivity index (χ0) is 16.9. The number of amides is 1. The molecule has 4 heteroatoms. The number of nitrogens with one attached hydrogen (secondary N) is 1. The lowest BCUT2D eigenvalue weighted by atomic mass is 9.88. The number of carbonyl (C=O) groups excluding carboxylic acids is 1. The van der Waals surface area contributed by atoms with Gasteiger partial charge in [-0.25, -0.2) is 0 Å². The predicted octanol–water partition coefficient (Wildman–Crippen LogP) is 2.25. The lowest BCUT2D eigenvalue weighted by molar-refractivity contribution is -0.129. The first-order valence-corrected chi connectivity index (χ1v) is 9.46. The first-order valence-electron chi connectivity index (χ1n) is 9.46. The normalized spacial score (nSPS) is 22.9. The van der Waals surface area contributed by atoms with E-state index in [-0.39, 0.29) is 5.91 Å². The van der Waals surface area contributed by atoms with E-state index in [1.165, 1.54) is 37.1 Å². The molecule has 1 amide bonds. The van der Waals surface area contributed by atoms with Gasteiger partial charge in [-0.3, -0.25) is 9.69 Å². The van der Waals surface area contributed by atoms with Crippen LogP contribution < -0.4 is 5.32 Å². The average molecular weight is 329 g/mol. The molecule has 2 heterocycles. The van der Waals surface area contributed by atoms with Gasteiger partial charge in [0, 0.05) is 19.1 Å². The van der Waals surface area contributed by atoms with Crippen LogP contribution in [0.25, 0.3) is 0 Å². The number of carbonyl (C=O) groups is 1. The Labute approximate surface area is 146 Å². The Morgan fingerprint density at radius 2 is 1.83 bits per heavy atom. The summed E-state index contributed by atoms with van der Waals surface area (Å²) in [4.78, 5) is 16.6. The maximum absolute atomic E-state index is 12.0. The second-order valence-electron chi connectivity index (χ2n) is 7.22. The summed E-state index contributed by atoms with van der Waals surface area (Å²) in [6.45, 7) is 6.83. The van der Waals surface area contributed by atoms with E-state index in [2.05, 4.69) is 41.4 Å². The van der Waals surface area contributed by atoms with E-state index in [0.29, 0.717) is 18.5 Å². The van der Waals surface area contributed by atoms with Gasteiger partial charge in [0.2, 0.25) is 5.91 Å².